The summed E-state index contributed by atoms with van der Waals surface area (Å²) in [5.41, 5.74) is -3.68. The van der Waals surface area contributed by atoms with Crippen LogP contribution in [0.3, 0.4) is 0 Å². The number of phenolic OH excluding ortho intramolecular Hbond substituents is 2. The molecule has 2 fully saturated rings. The average molecular weight is 755 g/mol. The second-order valence-corrected chi connectivity index (χ2v) is 10.8. The van der Waals surface area contributed by atoms with E-state index in [1.807, 2.05) is 0 Å². The zero-order valence-corrected chi connectivity index (χ0v) is 32.2. The maximum absolute atomic E-state index is 13.3. The van der Waals surface area contributed by atoms with Gasteiger partial charge in [0, 0.05) is 11.6 Å². The van der Waals surface area contributed by atoms with Crippen LogP contribution in [-0.2, 0) is 38.1 Å². The van der Waals surface area contributed by atoms with Crippen LogP contribution in [0.4, 0.5) is 0 Å². The summed E-state index contributed by atoms with van der Waals surface area (Å²) >= 11 is 0. The molecule has 0 aliphatic carbocycles. The summed E-state index contributed by atoms with van der Waals surface area (Å²) in [6.07, 6.45) is -11.0. The number of carbonyl (C=O) groups is 5. The number of aliphatic hydroxyl groups excluding tert-OH is 3. The van der Waals surface area contributed by atoms with Gasteiger partial charge in [-0.05, 0) is 17.7 Å². The van der Waals surface area contributed by atoms with Crippen molar-refractivity contribution in [1.82, 2.24) is 0 Å². The molecule has 0 unspecified atom stereocenters. The van der Waals surface area contributed by atoms with Gasteiger partial charge in [-0.15, -0.1) is 11.5 Å². The van der Waals surface area contributed by atoms with Gasteiger partial charge in [0.25, 0.3) is 0 Å². The molecule has 3 aliphatic heterocycles. The van der Waals surface area contributed by atoms with Gasteiger partial charge >= 0.3 is 133 Å². The van der Waals surface area contributed by atoms with Crippen molar-refractivity contribution in [3.05, 3.63) is 47.0 Å². The molecule has 21 heteroatoms. The Morgan fingerprint density at radius 3 is 2.26 bits per heavy atom. The Bertz CT molecular complexity index is 1730. The van der Waals surface area contributed by atoms with Crippen LogP contribution in [0.25, 0.3) is 6.08 Å². The molecule has 2 aromatic rings. The molecule has 0 saturated carbocycles. The molecule has 0 amide bonds. The summed E-state index contributed by atoms with van der Waals surface area (Å²) in [4.78, 5) is 62.0. The Kier molecular flexibility index (Phi) is 13.9. The quantitative estimate of drug-likeness (QED) is 0.0411. The largest absolute Gasteiger partial charge is 1.00 e. The molecule has 3 aliphatic rings. The van der Waals surface area contributed by atoms with E-state index in [0.717, 1.165) is 24.3 Å². The molecule has 2 saturated heterocycles. The van der Waals surface area contributed by atoms with Crippen molar-refractivity contribution in [3.63, 3.8) is 0 Å². The zero-order chi connectivity index (χ0) is 35.2. The van der Waals surface area contributed by atoms with E-state index in [1.54, 1.807) is 0 Å². The average Bonchev–Trinajstić information content (AvgIpc) is 3.50. The number of ether oxygens (including phenoxy) is 5. The molecule has 50 heavy (non-hydrogen) atoms. The minimum absolute atomic E-state index is 0. The molecule has 7 N–H and O–H groups in total. The molecule has 0 bridgehead atoms. The topological polar surface area (TPSA) is 319 Å². The Balaban J connectivity index is 0.00000338. The zero-order valence-electron chi connectivity index (χ0n) is 25.9. The fourth-order valence-electron chi connectivity index (χ4n) is 5.53. The number of carboxylic acids is 2. The van der Waals surface area contributed by atoms with E-state index >= 15 is 0 Å². The fraction of sp³-hybridized carbons (Fsp3) is 0.345. The molecule has 19 nitrogen and oxygen atoms in total. The van der Waals surface area contributed by atoms with Crippen LogP contribution in [0.2, 0.25) is 0 Å². The van der Waals surface area contributed by atoms with Crippen LogP contribution in [0.1, 0.15) is 33.8 Å². The third-order valence-corrected chi connectivity index (χ3v) is 7.79. The maximum atomic E-state index is 13.3. The normalized spacial score (nSPS) is 27.8. The SMILES string of the molecule is O=C(O)C[C@@]12Oc3c(O)c(O)cc(C(=O)OC[C@H]4O[C@@H](OC(=O)/C=C/c5ccc([O-])c([O-])c5)[C@H](O)[C@@H](O)[C@@H]4O)c3[C@@H]1[C@H](C(=O)O)OC2=O.[K+].[K+]. The molecule has 5 rings (SSSR count). The van der Waals surface area contributed by atoms with Crippen molar-refractivity contribution in [2.75, 3.05) is 6.61 Å². The number of hydrogen-bond acceptors (Lipinski definition) is 17. The van der Waals surface area contributed by atoms with Gasteiger partial charge in [-0.2, -0.15) is 0 Å². The maximum Gasteiger partial charge on any atom is 1.00 e. The molecule has 0 radical (unpaired) electrons. The number of aliphatic carboxylic acids is 2. The number of carboxylic acid groups (broad SMARTS) is 2. The van der Waals surface area contributed by atoms with Crippen molar-refractivity contribution >= 4 is 35.9 Å². The number of phenols is 2. The molecular weight excluding hydrogens is 730 g/mol. The van der Waals surface area contributed by atoms with Crippen LogP contribution in [0.5, 0.6) is 28.7 Å². The molecule has 2 aromatic carbocycles. The van der Waals surface area contributed by atoms with E-state index in [-0.39, 0.29) is 108 Å². The van der Waals surface area contributed by atoms with Crippen molar-refractivity contribution < 1.29 is 196 Å². The van der Waals surface area contributed by atoms with E-state index in [0.29, 0.717) is 6.07 Å². The van der Waals surface area contributed by atoms with E-state index in [2.05, 4.69) is 0 Å². The number of cyclic esters (lactones) is 1. The summed E-state index contributed by atoms with van der Waals surface area (Å²) in [6.45, 7) is -0.957. The van der Waals surface area contributed by atoms with Gasteiger partial charge in [0.05, 0.1) is 17.9 Å². The number of hydrogen-bond donors (Lipinski definition) is 7. The number of aliphatic hydroxyl groups is 3. The van der Waals surface area contributed by atoms with Gasteiger partial charge in [-0.3, -0.25) is 4.79 Å². The summed E-state index contributed by atoms with van der Waals surface area (Å²) in [6, 6.07) is 3.78. The first-order chi connectivity index (χ1) is 22.5. The van der Waals surface area contributed by atoms with E-state index in [4.69, 9.17) is 23.7 Å². The first kappa shape index (κ1) is 42.1. The standard InChI is InChI=1S/C29H26O19.2K/c30-11-3-1-9(5-12(11)31)2-4-16(35)46-27-22(39)21(38)20(37)14(45-27)8-44-26(42)10-6-13(32)19(36)23-17(10)18-24(25(40)41)47-28(43)29(18,48-23)7-15(33)34;;/h1-6,14,18,20-22,24,27,30-32,36-39H,7-8H2,(H,33,34)(H,40,41);;/q;2*+1/p-2/b4-2+;;/t14-,18-,20-,21+,22-,24-,27+,29-;;/m1../s1. The van der Waals surface area contributed by atoms with Gasteiger partial charge in [-0.25, -0.2) is 19.2 Å². The van der Waals surface area contributed by atoms with Crippen LogP contribution in [-0.4, -0.2) is 115 Å². The molecule has 0 spiro atoms. The van der Waals surface area contributed by atoms with E-state index in [9.17, 15) is 69.9 Å². The summed E-state index contributed by atoms with van der Waals surface area (Å²) in [7, 11) is 0. The van der Waals surface area contributed by atoms with Gasteiger partial charge in [-0.1, -0.05) is 18.2 Å². The van der Waals surface area contributed by atoms with Crippen LogP contribution in [0.15, 0.2) is 30.3 Å². The summed E-state index contributed by atoms with van der Waals surface area (Å²) in [5.74, 6) is -13.8. The smallest absolute Gasteiger partial charge is 0.873 e. The summed E-state index contributed by atoms with van der Waals surface area (Å²) in [5, 5.41) is 93.7. The number of rotatable bonds is 9. The minimum Gasteiger partial charge on any atom is -0.873 e. The number of carbonyl (C=O) groups excluding carboxylic acids is 3. The van der Waals surface area contributed by atoms with E-state index in [1.165, 1.54) is 6.07 Å². The Morgan fingerprint density at radius 2 is 1.64 bits per heavy atom. The first-order valence-corrected chi connectivity index (χ1v) is 13.7. The third-order valence-electron chi connectivity index (χ3n) is 7.79. The first-order valence-electron chi connectivity index (χ1n) is 13.7. The number of benzene rings is 2. The van der Waals surface area contributed by atoms with Crippen molar-refractivity contribution in [2.24, 2.45) is 0 Å². The summed E-state index contributed by atoms with van der Waals surface area (Å²) < 4.78 is 25.7. The molecule has 3 heterocycles. The second kappa shape index (κ2) is 16.5. The van der Waals surface area contributed by atoms with E-state index < -0.39 is 131 Å². The predicted molar refractivity (Wildman–Crippen MR) is 143 cm³/mol. The second-order valence-electron chi connectivity index (χ2n) is 10.8. The number of fused-ring (bicyclic) bond motifs is 3. The molecule has 0 aromatic heterocycles. The molecular formula is C29H24K2O19. The third kappa shape index (κ3) is 8.00. The molecule has 8 atom stereocenters. The van der Waals surface area contributed by atoms with Gasteiger partial charge in [0.15, 0.2) is 11.5 Å². The predicted octanol–water partition coefficient (Wildman–Crippen LogP) is -8.83. The van der Waals surface area contributed by atoms with Crippen LogP contribution in [0, 0.1) is 0 Å². The Labute approximate surface area is 364 Å². The van der Waals surface area contributed by atoms with Crippen molar-refractivity contribution in [1.29, 1.82) is 0 Å². The van der Waals surface area contributed by atoms with Gasteiger partial charge in [0.2, 0.25) is 23.7 Å². The van der Waals surface area contributed by atoms with Crippen molar-refractivity contribution in [2.45, 2.75) is 54.7 Å². The van der Waals surface area contributed by atoms with Crippen LogP contribution < -0.4 is 118 Å². The van der Waals surface area contributed by atoms with Crippen LogP contribution >= 0.6 is 0 Å². The van der Waals surface area contributed by atoms with Crippen molar-refractivity contribution in [3.8, 4) is 28.7 Å². The molecule has 256 valence electrons. The fourth-order valence-corrected chi connectivity index (χ4v) is 5.53. The van der Waals surface area contributed by atoms with Gasteiger partial charge < -0.3 is 69.6 Å². The number of esters is 3. The monoisotopic (exact) mass is 754 g/mol. The number of aromatic hydroxyl groups is 2. The minimum atomic E-state index is -2.57. The van der Waals surface area contributed by atoms with Gasteiger partial charge in [0.1, 0.15) is 31.0 Å². The Hall–Kier alpha value is -2.36. The Morgan fingerprint density at radius 1 is 0.960 bits per heavy atom.